The molecule has 0 radical (unpaired) electrons. The average Bonchev–Trinajstić information content (AvgIpc) is 2.56. The van der Waals surface area contributed by atoms with Crippen molar-refractivity contribution in [3.8, 4) is 5.75 Å². The van der Waals surface area contributed by atoms with Crippen LogP contribution in [0.3, 0.4) is 0 Å². The number of alkyl halides is 2. The van der Waals surface area contributed by atoms with Gasteiger partial charge in [0.1, 0.15) is 5.75 Å². The Bertz CT molecular complexity index is 633. The van der Waals surface area contributed by atoms with Crippen molar-refractivity contribution in [1.82, 2.24) is 10.2 Å². The van der Waals surface area contributed by atoms with E-state index in [0.717, 1.165) is 11.1 Å². The molecule has 0 aliphatic rings. The number of halogens is 2. The quantitative estimate of drug-likeness (QED) is 0.839. The van der Waals surface area contributed by atoms with E-state index < -0.39 is 6.61 Å². The van der Waals surface area contributed by atoms with Gasteiger partial charge in [-0.3, -0.25) is 0 Å². The molecule has 0 heterocycles. The van der Waals surface area contributed by atoms with Crippen LogP contribution in [0.25, 0.3) is 0 Å². The number of urea groups is 1. The molecule has 0 aliphatic carbocycles. The van der Waals surface area contributed by atoms with Gasteiger partial charge in [-0.05, 0) is 29.7 Å². The molecule has 0 saturated heterocycles. The lowest BCUT2D eigenvalue weighted by atomic mass is 10.1. The van der Waals surface area contributed by atoms with E-state index in [1.807, 2.05) is 30.3 Å². The van der Waals surface area contributed by atoms with E-state index in [4.69, 9.17) is 0 Å². The average molecular weight is 334 g/mol. The lowest BCUT2D eigenvalue weighted by Gasteiger charge is -2.18. The smallest absolute Gasteiger partial charge is 0.387 e. The van der Waals surface area contributed by atoms with Crippen molar-refractivity contribution < 1.29 is 18.3 Å². The Morgan fingerprint density at radius 2 is 1.75 bits per heavy atom. The Labute approximate surface area is 140 Å². The van der Waals surface area contributed by atoms with Gasteiger partial charge in [0.15, 0.2) is 0 Å². The van der Waals surface area contributed by atoms with Gasteiger partial charge in [-0.25, -0.2) is 4.79 Å². The first-order valence-electron chi connectivity index (χ1n) is 7.61. The zero-order chi connectivity index (χ0) is 17.4. The fourth-order valence-electron chi connectivity index (χ4n) is 2.22. The zero-order valence-electron chi connectivity index (χ0n) is 13.4. The molecule has 128 valence electrons. The van der Waals surface area contributed by atoms with E-state index in [1.165, 1.54) is 12.1 Å². The van der Waals surface area contributed by atoms with E-state index in [2.05, 4.69) is 10.1 Å². The SMILES string of the molecule is CN(Cc1ccccc1)C(=O)NCCc1ccc(OC(F)F)cc1. The Balaban J connectivity index is 1.73. The summed E-state index contributed by atoms with van der Waals surface area (Å²) in [5.41, 5.74) is 1.99. The van der Waals surface area contributed by atoms with Crippen molar-refractivity contribution >= 4 is 6.03 Å². The Morgan fingerprint density at radius 1 is 1.08 bits per heavy atom. The van der Waals surface area contributed by atoms with Crippen molar-refractivity contribution in [3.05, 3.63) is 65.7 Å². The van der Waals surface area contributed by atoms with Crippen LogP contribution in [0.15, 0.2) is 54.6 Å². The third kappa shape index (κ3) is 5.87. The standard InChI is InChI=1S/C18H20F2N2O2/c1-22(13-15-5-3-2-4-6-15)18(23)21-12-11-14-7-9-16(10-8-14)24-17(19)20/h2-10,17H,11-13H2,1H3,(H,21,23). The van der Waals surface area contributed by atoms with Gasteiger partial charge in [0.2, 0.25) is 0 Å². The zero-order valence-corrected chi connectivity index (χ0v) is 13.4. The summed E-state index contributed by atoms with van der Waals surface area (Å²) >= 11 is 0. The summed E-state index contributed by atoms with van der Waals surface area (Å²) in [6, 6.07) is 16.0. The number of nitrogens with zero attached hydrogens (tertiary/aromatic N) is 1. The lowest BCUT2D eigenvalue weighted by Crippen LogP contribution is -2.37. The first-order chi connectivity index (χ1) is 11.5. The van der Waals surface area contributed by atoms with E-state index in [0.29, 0.717) is 19.5 Å². The van der Waals surface area contributed by atoms with Crippen LogP contribution < -0.4 is 10.1 Å². The van der Waals surface area contributed by atoms with Crippen LogP contribution in [0.1, 0.15) is 11.1 Å². The molecular formula is C18H20F2N2O2. The van der Waals surface area contributed by atoms with Gasteiger partial charge in [0.25, 0.3) is 0 Å². The molecule has 0 atom stereocenters. The van der Waals surface area contributed by atoms with Gasteiger partial charge >= 0.3 is 12.6 Å². The van der Waals surface area contributed by atoms with Gasteiger partial charge in [-0.2, -0.15) is 8.78 Å². The van der Waals surface area contributed by atoms with Gasteiger partial charge in [0.05, 0.1) is 0 Å². The summed E-state index contributed by atoms with van der Waals surface area (Å²) in [5.74, 6) is 0.125. The largest absolute Gasteiger partial charge is 0.435 e. The summed E-state index contributed by atoms with van der Waals surface area (Å²) in [4.78, 5) is 13.6. The molecule has 0 saturated carbocycles. The second-order valence-electron chi connectivity index (χ2n) is 5.35. The molecule has 0 aromatic heterocycles. The van der Waals surface area contributed by atoms with Crippen LogP contribution in [0, 0.1) is 0 Å². The number of carbonyl (C=O) groups excluding carboxylic acids is 1. The molecular weight excluding hydrogens is 314 g/mol. The molecule has 4 nitrogen and oxygen atoms in total. The number of amides is 2. The van der Waals surface area contributed by atoms with Crippen LogP contribution in [0.4, 0.5) is 13.6 Å². The Morgan fingerprint density at radius 3 is 2.38 bits per heavy atom. The van der Waals surface area contributed by atoms with Crippen LogP contribution in [-0.4, -0.2) is 31.1 Å². The number of benzene rings is 2. The van der Waals surface area contributed by atoms with E-state index in [1.54, 1.807) is 24.1 Å². The second-order valence-corrected chi connectivity index (χ2v) is 5.35. The van der Waals surface area contributed by atoms with Gasteiger partial charge in [0, 0.05) is 20.1 Å². The number of nitrogens with one attached hydrogen (secondary N) is 1. The maximum atomic E-state index is 12.1. The molecule has 0 unspecified atom stereocenters. The highest BCUT2D eigenvalue weighted by molar-refractivity contribution is 5.73. The molecule has 0 bridgehead atoms. The van der Waals surface area contributed by atoms with Gasteiger partial charge in [-0.15, -0.1) is 0 Å². The minimum Gasteiger partial charge on any atom is -0.435 e. The van der Waals surface area contributed by atoms with Crippen molar-refractivity contribution in [2.45, 2.75) is 19.6 Å². The summed E-state index contributed by atoms with van der Waals surface area (Å²) in [6.45, 7) is -1.82. The molecule has 1 N–H and O–H groups in total. The van der Waals surface area contributed by atoms with Gasteiger partial charge < -0.3 is 15.0 Å². The summed E-state index contributed by atoms with van der Waals surface area (Å²) < 4.78 is 28.4. The fraction of sp³-hybridized carbons (Fsp3) is 0.278. The van der Waals surface area contributed by atoms with Crippen molar-refractivity contribution in [1.29, 1.82) is 0 Å². The lowest BCUT2D eigenvalue weighted by molar-refractivity contribution is -0.0498. The van der Waals surface area contributed by atoms with E-state index >= 15 is 0 Å². The number of ether oxygens (including phenoxy) is 1. The molecule has 0 fully saturated rings. The van der Waals surface area contributed by atoms with Crippen LogP contribution in [-0.2, 0) is 13.0 Å². The van der Waals surface area contributed by atoms with Crippen molar-refractivity contribution in [2.24, 2.45) is 0 Å². The minimum absolute atomic E-state index is 0.125. The molecule has 0 spiro atoms. The molecule has 0 aliphatic heterocycles. The molecule has 2 aromatic carbocycles. The predicted molar refractivity (Wildman–Crippen MR) is 88.1 cm³/mol. The maximum Gasteiger partial charge on any atom is 0.387 e. The second kappa shape index (κ2) is 8.86. The summed E-state index contributed by atoms with van der Waals surface area (Å²) in [5, 5.41) is 2.83. The molecule has 6 heteroatoms. The van der Waals surface area contributed by atoms with Gasteiger partial charge in [-0.1, -0.05) is 42.5 Å². The van der Waals surface area contributed by atoms with Crippen LogP contribution in [0.5, 0.6) is 5.75 Å². The number of carbonyl (C=O) groups is 1. The van der Waals surface area contributed by atoms with Crippen molar-refractivity contribution in [2.75, 3.05) is 13.6 Å². The predicted octanol–water partition coefficient (Wildman–Crippen LogP) is 3.67. The monoisotopic (exact) mass is 334 g/mol. The third-order valence-electron chi connectivity index (χ3n) is 3.45. The molecule has 2 amide bonds. The summed E-state index contributed by atoms with van der Waals surface area (Å²) in [6.07, 6.45) is 0.611. The maximum absolute atomic E-state index is 12.1. The number of rotatable bonds is 7. The molecule has 24 heavy (non-hydrogen) atoms. The first kappa shape index (κ1) is 17.7. The van der Waals surface area contributed by atoms with E-state index in [9.17, 15) is 13.6 Å². The topological polar surface area (TPSA) is 41.6 Å². The Hall–Kier alpha value is -2.63. The molecule has 2 rings (SSSR count). The first-order valence-corrected chi connectivity index (χ1v) is 7.61. The highest BCUT2D eigenvalue weighted by Crippen LogP contribution is 2.15. The van der Waals surface area contributed by atoms with Crippen LogP contribution >= 0.6 is 0 Å². The number of hydrogen-bond acceptors (Lipinski definition) is 2. The van der Waals surface area contributed by atoms with Crippen LogP contribution in [0.2, 0.25) is 0 Å². The highest BCUT2D eigenvalue weighted by atomic mass is 19.3. The molecule has 2 aromatic rings. The van der Waals surface area contributed by atoms with E-state index in [-0.39, 0.29) is 11.8 Å². The van der Waals surface area contributed by atoms with Crippen molar-refractivity contribution in [3.63, 3.8) is 0 Å². The number of hydrogen-bond donors (Lipinski definition) is 1. The fourth-order valence-corrected chi connectivity index (χ4v) is 2.22. The third-order valence-corrected chi connectivity index (χ3v) is 3.45. The normalized spacial score (nSPS) is 10.5. The Kier molecular flexibility index (Phi) is 6.54. The summed E-state index contributed by atoms with van der Waals surface area (Å²) in [7, 11) is 1.73. The highest BCUT2D eigenvalue weighted by Gasteiger charge is 2.08. The minimum atomic E-state index is -2.82.